The number of halogens is 1. The lowest BCUT2D eigenvalue weighted by Crippen LogP contribution is -2.32. The number of nitrogens with one attached hydrogen (secondary N) is 2. The molecule has 0 saturated carbocycles. The van der Waals surface area contributed by atoms with Crippen LogP contribution in [0.3, 0.4) is 0 Å². The molecule has 0 bridgehead atoms. The number of rotatable bonds is 2. The molecule has 88 valence electrons. The summed E-state index contributed by atoms with van der Waals surface area (Å²) in [7, 11) is 0. The molecule has 1 aromatic rings. The van der Waals surface area contributed by atoms with Gasteiger partial charge in [-0.15, -0.1) is 0 Å². The van der Waals surface area contributed by atoms with Crippen molar-refractivity contribution in [2.45, 2.75) is 12.8 Å². The molecule has 1 aliphatic rings. The van der Waals surface area contributed by atoms with Crippen LogP contribution in [0.25, 0.3) is 0 Å². The molecule has 2 amide bonds. The van der Waals surface area contributed by atoms with E-state index in [1.165, 1.54) is 12.4 Å². The second kappa shape index (κ2) is 4.92. The Balaban J connectivity index is 2.07. The van der Waals surface area contributed by atoms with Gasteiger partial charge in [-0.25, -0.2) is 5.43 Å². The molecule has 0 atom stereocenters. The van der Waals surface area contributed by atoms with E-state index in [2.05, 4.69) is 20.8 Å². The van der Waals surface area contributed by atoms with Gasteiger partial charge in [0.25, 0.3) is 5.91 Å². The minimum Gasteiger partial charge on any atom is -0.318 e. The Morgan fingerprint density at radius 2 is 2.29 bits per heavy atom. The third-order valence-electron chi connectivity index (χ3n) is 2.18. The number of pyridine rings is 1. The molecule has 0 aromatic carbocycles. The molecule has 0 saturated heterocycles. The van der Waals surface area contributed by atoms with Crippen LogP contribution in [0.1, 0.15) is 12.8 Å². The average Bonchev–Trinajstić information content (AvgIpc) is 2.33. The van der Waals surface area contributed by atoms with E-state index in [0.717, 1.165) is 0 Å². The number of amides is 2. The first kappa shape index (κ1) is 11.5. The number of aromatic nitrogens is 1. The van der Waals surface area contributed by atoms with E-state index in [1.54, 1.807) is 6.07 Å². The minimum absolute atomic E-state index is 0.194. The summed E-state index contributed by atoms with van der Waals surface area (Å²) in [5.74, 6) is -0.583. The lowest BCUT2D eigenvalue weighted by Gasteiger charge is -2.12. The molecule has 6 nitrogen and oxygen atoms in total. The monoisotopic (exact) mass is 252 g/mol. The predicted octanol–water partition coefficient (Wildman–Crippen LogP) is 0.939. The third kappa shape index (κ3) is 2.79. The number of hydrazone groups is 1. The van der Waals surface area contributed by atoms with E-state index in [1.807, 2.05) is 0 Å². The minimum atomic E-state index is -0.389. The summed E-state index contributed by atoms with van der Waals surface area (Å²) in [5, 5.41) is 6.65. The highest BCUT2D eigenvalue weighted by atomic mass is 35.5. The number of carbonyl (C=O) groups is 2. The van der Waals surface area contributed by atoms with Crippen LogP contribution in [0, 0.1) is 0 Å². The molecule has 1 aliphatic heterocycles. The zero-order chi connectivity index (χ0) is 12.3. The van der Waals surface area contributed by atoms with Gasteiger partial charge in [0.2, 0.25) is 5.91 Å². The summed E-state index contributed by atoms with van der Waals surface area (Å²) in [5.41, 5.74) is 2.94. The summed E-state index contributed by atoms with van der Waals surface area (Å²) in [6, 6.07) is 1.57. The van der Waals surface area contributed by atoms with Crippen molar-refractivity contribution in [3.05, 3.63) is 23.5 Å². The topological polar surface area (TPSA) is 83.5 Å². The largest absolute Gasteiger partial charge is 0.318 e. The number of hydrogen-bond acceptors (Lipinski definition) is 4. The Kier molecular flexibility index (Phi) is 3.34. The number of nitrogens with zero attached hydrogens (tertiary/aromatic N) is 2. The van der Waals surface area contributed by atoms with Crippen LogP contribution in [0.2, 0.25) is 5.02 Å². The number of carbonyl (C=O) groups excluding carboxylic acids is 2. The summed E-state index contributed by atoms with van der Waals surface area (Å²) >= 11 is 5.87. The van der Waals surface area contributed by atoms with Crippen molar-refractivity contribution in [2.24, 2.45) is 5.10 Å². The molecule has 17 heavy (non-hydrogen) atoms. The lowest BCUT2D eigenvalue weighted by molar-refractivity contribution is -0.121. The Morgan fingerprint density at radius 1 is 1.47 bits per heavy atom. The van der Waals surface area contributed by atoms with Gasteiger partial charge in [0.15, 0.2) is 0 Å². The Hall–Kier alpha value is -1.95. The molecular formula is C10H9ClN4O2. The Bertz CT molecular complexity index is 501. The SMILES string of the molecule is O=C1CCC(C(=O)Nc2cnccc2Cl)=NN1. The van der Waals surface area contributed by atoms with Gasteiger partial charge in [-0.1, -0.05) is 11.6 Å². The quantitative estimate of drug-likeness (QED) is 0.822. The van der Waals surface area contributed by atoms with Gasteiger partial charge in [-0.2, -0.15) is 5.10 Å². The fourth-order valence-electron chi connectivity index (χ4n) is 1.30. The molecule has 0 spiro atoms. The zero-order valence-corrected chi connectivity index (χ0v) is 9.49. The molecule has 2 N–H and O–H groups in total. The van der Waals surface area contributed by atoms with Crippen molar-refractivity contribution in [1.29, 1.82) is 0 Å². The fourth-order valence-corrected chi connectivity index (χ4v) is 1.45. The van der Waals surface area contributed by atoms with Crippen LogP contribution in [0.5, 0.6) is 0 Å². The smallest absolute Gasteiger partial charge is 0.271 e. The molecular weight excluding hydrogens is 244 g/mol. The molecule has 2 rings (SSSR count). The van der Waals surface area contributed by atoms with E-state index in [9.17, 15) is 9.59 Å². The van der Waals surface area contributed by atoms with Crippen molar-refractivity contribution < 1.29 is 9.59 Å². The van der Waals surface area contributed by atoms with Gasteiger partial charge >= 0.3 is 0 Å². The molecule has 1 aromatic heterocycles. The Morgan fingerprint density at radius 3 is 2.94 bits per heavy atom. The predicted molar refractivity (Wildman–Crippen MR) is 62.7 cm³/mol. The van der Waals surface area contributed by atoms with E-state index in [4.69, 9.17) is 11.6 Å². The van der Waals surface area contributed by atoms with Gasteiger partial charge in [0.1, 0.15) is 5.71 Å². The molecule has 2 heterocycles. The first-order valence-electron chi connectivity index (χ1n) is 4.93. The van der Waals surface area contributed by atoms with Crippen LogP contribution >= 0.6 is 11.6 Å². The van der Waals surface area contributed by atoms with Gasteiger partial charge in [-0.3, -0.25) is 14.6 Å². The summed E-state index contributed by atoms with van der Waals surface area (Å²) in [6.45, 7) is 0. The van der Waals surface area contributed by atoms with Crippen LogP contribution < -0.4 is 10.7 Å². The molecule has 0 fully saturated rings. The zero-order valence-electron chi connectivity index (χ0n) is 8.74. The van der Waals surface area contributed by atoms with Crippen LogP contribution in [-0.2, 0) is 9.59 Å². The fraction of sp³-hybridized carbons (Fsp3) is 0.200. The van der Waals surface area contributed by atoms with Crippen LogP contribution in [0.4, 0.5) is 5.69 Å². The Labute approximate surface area is 102 Å². The van der Waals surface area contributed by atoms with Gasteiger partial charge in [-0.05, 0) is 6.07 Å². The summed E-state index contributed by atoms with van der Waals surface area (Å²) in [6.07, 6.45) is 3.54. The average molecular weight is 253 g/mol. The molecule has 0 unspecified atom stereocenters. The van der Waals surface area contributed by atoms with Gasteiger partial charge in [0.05, 0.1) is 16.9 Å². The third-order valence-corrected chi connectivity index (χ3v) is 2.51. The van der Waals surface area contributed by atoms with Crippen molar-refractivity contribution >= 4 is 34.8 Å². The maximum atomic E-state index is 11.7. The first-order chi connectivity index (χ1) is 8.16. The van der Waals surface area contributed by atoms with Crippen LogP contribution in [0.15, 0.2) is 23.6 Å². The maximum Gasteiger partial charge on any atom is 0.271 e. The maximum absolute atomic E-state index is 11.7. The molecule has 0 aliphatic carbocycles. The standard InChI is InChI=1S/C10H9ClN4O2/c11-6-3-4-12-5-8(6)13-10(17)7-1-2-9(16)15-14-7/h3-5H,1-2H2,(H,13,17)(H,15,16). The highest BCUT2D eigenvalue weighted by molar-refractivity contribution is 6.44. The van der Waals surface area contributed by atoms with E-state index in [0.29, 0.717) is 17.1 Å². The van der Waals surface area contributed by atoms with E-state index >= 15 is 0 Å². The van der Waals surface area contributed by atoms with Crippen molar-refractivity contribution in [3.63, 3.8) is 0 Å². The second-order valence-corrected chi connectivity index (χ2v) is 3.81. The summed E-state index contributed by atoms with van der Waals surface area (Å²) in [4.78, 5) is 26.5. The van der Waals surface area contributed by atoms with Gasteiger partial charge < -0.3 is 5.32 Å². The van der Waals surface area contributed by atoms with Crippen molar-refractivity contribution in [2.75, 3.05) is 5.32 Å². The lowest BCUT2D eigenvalue weighted by atomic mass is 10.1. The van der Waals surface area contributed by atoms with Gasteiger partial charge in [0, 0.05) is 19.0 Å². The number of hydrogen-bond donors (Lipinski definition) is 2. The molecule has 0 radical (unpaired) electrons. The van der Waals surface area contributed by atoms with E-state index in [-0.39, 0.29) is 23.9 Å². The highest BCUT2D eigenvalue weighted by Crippen LogP contribution is 2.19. The van der Waals surface area contributed by atoms with E-state index < -0.39 is 0 Å². The number of anilines is 1. The van der Waals surface area contributed by atoms with Crippen molar-refractivity contribution in [3.8, 4) is 0 Å². The first-order valence-corrected chi connectivity index (χ1v) is 5.31. The highest BCUT2D eigenvalue weighted by Gasteiger charge is 2.18. The second-order valence-electron chi connectivity index (χ2n) is 3.40. The molecule has 7 heteroatoms. The van der Waals surface area contributed by atoms with Crippen LogP contribution in [-0.4, -0.2) is 22.5 Å². The normalized spacial score (nSPS) is 14.9. The van der Waals surface area contributed by atoms with Crippen molar-refractivity contribution in [1.82, 2.24) is 10.4 Å². The summed E-state index contributed by atoms with van der Waals surface area (Å²) < 4.78 is 0.